The van der Waals surface area contributed by atoms with Gasteiger partial charge >= 0.3 is 0 Å². The van der Waals surface area contributed by atoms with Crippen molar-refractivity contribution in [2.24, 2.45) is 5.73 Å². The van der Waals surface area contributed by atoms with Crippen LogP contribution in [0.5, 0.6) is 0 Å². The van der Waals surface area contributed by atoms with E-state index in [0.717, 1.165) is 0 Å². The summed E-state index contributed by atoms with van der Waals surface area (Å²) in [5.41, 5.74) is 5.71. The second kappa shape index (κ2) is 3.80. The Morgan fingerprint density at radius 2 is 1.53 bits per heavy atom. The number of carbonyl (C=O) groups excluding carboxylic acids is 4. The Balaban J connectivity index is 2.31. The van der Waals surface area contributed by atoms with Gasteiger partial charge in [0.05, 0.1) is 18.0 Å². The number of Topliss-reactive ketones (excluding diaryl/α,β-unsaturated/α-hetero) is 4. The van der Waals surface area contributed by atoms with Gasteiger partial charge in [-0.1, -0.05) is 24.3 Å². The van der Waals surface area contributed by atoms with E-state index in [4.69, 9.17) is 5.73 Å². The lowest BCUT2D eigenvalue weighted by Gasteiger charge is -2.26. The Labute approximate surface area is 108 Å². The van der Waals surface area contributed by atoms with Crippen LogP contribution in [0, 0.1) is 0 Å². The van der Waals surface area contributed by atoms with Gasteiger partial charge < -0.3 is 5.73 Å². The molecule has 1 aromatic rings. The minimum absolute atomic E-state index is 0.148. The second-order valence-electron chi connectivity index (χ2n) is 4.54. The molecule has 5 nitrogen and oxygen atoms in total. The molecule has 0 saturated carbocycles. The predicted octanol–water partition coefficient (Wildman–Crippen LogP) is 0.231. The zero-order valence-corrected chi connectivity index (χ0v) is 9.80. The summed E-state index contributed by atoms with van der Waals surface area (Å²) in [5.74, 6) is -2.16. The van der Waals surface area contributed by atoms with E-state index >= 15 is 0 Å². The fraction of sp³-hybridized carbons (Fsp3) is 0.143. The van der Waals surface area contributed by atoms with E-state index in [0.29, 0.717) is 0 Å². The van der Waals surface area contributed by atoms with Crippen molar-refractivity contribution < 1.29 is 19.2 Å². The van der Waals surface area contributed by atoms with Crippen molar-refractivity contribution in [3.63, 3.8) is 0 Å². The average Bonchev–Trinajstić information content (AvgIpc) is 2.40. The Hall–Kier alpha value is -2.40. The minimum atomic E-state index is -1.18. The van der Waals surface area contributed by atoms with Crippen LogP contribution in [0.25, 0.3) is 0 Å². The molecule has 0 heterocycles. The Kier molecular flexibility index (Phi) is 2.33. The molecular weight excluding hydrogens is 246 g/mol. The summed E-state index contributed by atoms with van der Waals surface area (Å²) in [6.07, 6.45) is -0.415. The van der Waals surface area contributed by atoms with Gasteiger partial charge in [0.2, 0.25) is 0 Å². The van der Waals surface area contributed by atoms with Crippen LogP contribution in [-0.4, -0.2) is 29.2 Å². The number of rotatable bonds is 0. The molecule has 0 aromatic heterocycles. The van der Waals surface area contributed by atoms with Crippen molar-refractivity contribution in [1.29, 1.82) is 0 Å². The van der Waals surface area contributed by atoms with Gasteiger partial charge in [0.25, 0.3) is 0 Å². The molecule has 0 amide bonds. The van der Waals surface area contributed by atoms with Crippen LogP contribution in [0.15, 0.2) is 35.4 Å². The van der Waals surface area contributed by atoms with E-state index < -0.39 is 35.6 Å². The molecule has 2 aliphatic rings. The fourth-order valence-electron chi connectivity index (χ4n) is 2.49. The number of allylic oxidation sites excluding steroid dienone is 1. The van der Waals surface area contributed by atoms with E-state index in [1.807, 2.05) is 0 Å². The molecule has 0 bridgehead atoms. The number of ketones is 4. The summed E-state index contributed by atoms with van der Waals surface area (Å²) in [7, 11) is 0. The van der Waals surface area contributed by atoms with Crippen molar-refractivity contribution in [3.8, 4) is 0 Å². The first kappa shape index (κ1) is 11.7. The molecule has 0 saturated heterocycles. The Morgan fingerprint density at radius 1 is 0.947 bits per heavy atom. The zero-order valence-electron chi connectivity index (χ0n) is 9.80. The van der Waals surface area contributed by atoms with Gasteiger partial charge in [0, 0.05) is 16.7 Å². The molecular formula is C14H9NO4. The van der Waals surface area contributed by atoms with Crippen LogP contribution in [0.3, 0.4) is 0 Å². The quantitative estimate of drug-likeness (QED) is 0.529. The van der Waals surface area contributed by atoms with E-state index in [2.05, 4.69) is 0 Å². The molecule has 0 radical (unpaired) electrons. The summed E-state index contributed by atoms with van der Waals surface area (Å²) in [6, 6.07) is 5.05. The van der Waals surface area contributed by atoms with Crippen LogP contribution in [0.1, 0.15) is 27.1 Å². The molecule has 3 rings (SSSR count). The summed E-state index contributed by atoms with van der Waals surface area (Å²) < 4.78 is 0. The molecule has 2 aliphatic carbocycles. The van der Waals surface area contributed by atoms with Crippen LogP contribution in [0.4, 0.5) is 0 Å². The van der Waals surface area contributed by atoms with E-state index in [1.165, 1.54) is 12.1 Å². The third-order valence-corrected chi connectivity index (χ3v) is 3.43. The summed E-state index contributed by atoms with van der Waals surface area (Å²) in [4.78, 5) is 48.0. The SMILES string of the molecule is NC1C(=O)CC(=O)C2=C1C(=O)c1ccccc1C2=O. The molecule has 19 heavy (non-hydrogen) atoms. The minimum Gasteiger partial charge on any atom is -0.318 e. The first-order valence-electron chi connectivity index (χ1n) is 5.76. The maximum absolute atomic E-state index is 12.3. The molecule has 5 heteroatoms. The first-order valence-corrected chi connectivity index (χ1v) is 5.76. The highest BCUT2D eigenvalue weighted by Crippen LogP contribution is 2.31. The molecule has 1 aromatic carbocycles. The van der Waals surface area contributed by atoms with Crippen molar-refractivity contribution in [2.75, 3.05) is 0 Å². The number of hydrogen-bond acceptors (Lipinski definition) is 5. The van der Waals surface area contributed by atoms with Crippen molar-refractivity contribution in [2.45, 2.75) is 12.5 Å². The van der Waals surface area contributed by atoms with E-state index in [-0.39, 0.29) is 22.3 Å². The van der Waals surface area contributed by atoms with E-state index in [9.17, 15) is 19.2 Å². The van der Waals surface area contributed by atoms with Gasteiger partial charge in [0.15, 0.2) is 23.1 Å². The Morgan fingerprint density at radius 3 is 2.16 bits per heavy atom. The second-order valence-corrected chi connectivity index (χ2v) is 4.54. The smallest absolute Gasteiger partial charge is 0.197 e. The lowest BCUT2D eigenvalue weighted by molar-refractivity contribution is -0.126. The lowest BCUT2D eigenvalue weighted by atomic mass is 9.74. The van der Waals surface area contributed by atoms with Gasteiger partial charge in [-0.05, 0) is 0 Å². The number of benzene rings is 1. The summed E-state index contributed by atoms with van der Waals surface area (Å²) in [5, 5.41) is 0. The van der Waals surface area contributed by atoms with Crippen LogP contribution >= 0.6 is 0 Å². The predicted molar refractivity (Wildman–Crippen MR) is 64.7 cm³/mol. The monoisotopic (exact) mass is 255 g/mol. The van der Waals surface area contributed by atoms with Gasteiger partial charge in [-0.2, -0.15) is 0 Å². The molecule has 1 atom stereocenters. The van der Waals surface area contributed by atoms with Crippen molar-refractivity contribution in [3.05, 3.63) is 46.5 Å². The standard InChI is InChI=1S/C14H9NO4/c15-12-9(17)5-8(16)10-11(12)14(19)7-4-2-1-3-6(7)13(10)18/h1-4,12H,5,15H2. The third-order valence-electron chi connectivity index (χ3n) is 3.43. The average molecular weight is 255 g/mol. The normalized spacial score (nSPS) is 22.5. The molecule has 0 fully saturated rings. The third kappa shape index (κ3) is 1.45. The molecule has 2 N–H and O–H groups in total. The first-order chi connectivity index (χ1) is 9.02. The molecule has 94 valence electrons. The molecule has 0 spiro atoms. The van der Waals surface area contributed by atoms with Gasteiger partial charge in [-0.25, -0.2) is 0 Å². The maximum atomic E-state index is 12.3. The fourth-order valence-corrected chi connectivity index (χ4v) is 2.49. The Bertz CT molecular complexity index is 699. The van der Waals surface area contributed by atoms with Gasteiger partial charge in [-0.15, -0.1) is 0 Å². The number of nitrogens with two attached hydrogens (primary N) is 1. The highest BCUT2D eigenvalue weighted by molar-refractivity contribution is 6.41. The molecule has 0 aliphatic heterocycles. The lowest BCUT2D eigenvalue weighted by Crippen LogP contribution is -2.45. The summed E-state index contributed by atoms with van der Waals surface area (Å²) >= 11 is 0. The van der Waals surface area contributed by atoms with Gasteiger partial charge in [-0.3, -0.25) is 19.2 Å². The number of carbonyl (C=O) groups is 4. The van der Waals surface area contributed by atoms with E-state index in [1.54, 1.807) is 12.1 Å². The number of fused-ring (bicyclic) bond motifs is 1. The topological polar surface area (TPSA) is 94.3 Å². The summed E-state index contributed by atoms with van der Waals surface area (Å²) in [6.45, 7) is 0. The largest absolute Gasteiger partial charge is 0.318 e. The highest BCUT2D eigenvalue weighted by atomic mass is 16.2. The van der Waals surface area contributed by atoms with Crippen LogP contribution in [-0.2, 0) is 9.59 Å². The van der Waals surface area contributed by atoms with Crippen LogP contribution < -0.4 is 5.73 Å². The number of hydrogen-bond donors (Lipinski definition) is 1. The van der Waals surface area contributed by atoms with Crippen molar-refractivity contribution in [1.82, 2.24) is 0 Å². The zero-order chi connectivity index (χ0) is 13.7. The van der Waals surface area contributed by atoms with Crippen LogP contribution in [0.2, 0.25) is 0 Å². The van der Waals surface area contributed by atoms with Gasteiger partial charge in [0.1, 0.15) is 0 Å². The highest BCUT2D eigenvalue weighted by Gasteiger charge is 2.43. The maximum Gasteiger partial charge on any atom is 0.197 e. The molecule has 1 unspecified atom stereocenters. The van der Waals surface area contributed by atoms with Crippen molar-refractivity contribution >= 4 is 23.1 Å².